The molecule has 0 spiro atoms. The fraction of sp³-hybridized carbons (Fsp3) is 0.167. The van der Waals surface area contributed by atoms with Crippen LogP contribution in [0.15, 0.2) is 54.6 Å². The Bertz CT molecular complexity index is 1610. The number of rotatable bonds is 3. The Morgan fingerprint density at radius 2 is 1.54 bits per heavy atom. The summed E-state index contributed by atoms with van der Waals surface area (Å²) in [5.74, 6) is -2.55. The van der Waals surface area contributed by atoms with Crippen molar-refractivity contribution in [3.8, 4) is 11.5 Å². The summed E-state index contributed by atoms with van der Waals surface area (Å²) >= 11 is 0. The van der Waals surface area contributed by atoms with Crippen molar-refractivity contribution >= 4 is 27.1 Å². The molecule has 0 bridgehead atoms. The van der Waals surface area contributed by atoms with E-state index in [2.05, 4.69) is 5.73 Å². The summed E-state index contributed by atoms with van der Waals surface area (Å²) in [6.45, 7) is -1.52. The fourth-order valence-electron chi connectivity index (χ4n) is 3.56. The number of halogens is 8. The number of quaternary nitrogens is 1. The molecule has 0 atom stereocenters. The first-order valence-corrected chi connectivity index (χ1v) is 12.4. The fourth-order valence-corrected chi connectivity index (χ4v) is 3.56. The molecule has 39 heavy (non-hydrogen) atoms. The molecule has 4 rings (SSSR count). The molecule has 6 nitrogen and oxygen atoms in total. The van der Waals surface area contributed by atoms with Crippen LogP contribution in [0, 0.1) is 11.6 Å². The van der Waals surface area contributed by atoms with Crippen LogP contribution < -0.4 is 26.2 Å². The maximum Gasteiger partial charge on any atom is 0.467 e. The number of fused-ring (bicyclic) bond motifs is 2. The number of hydrogen-bond donors (Lipinski definition) is 2. The molecule has 0 fully saturated rings. The van der Waals surface area contributed by atoms with Gasteiger partial charge in [-0.05, 0) is 23.8 Å². The Hall–Kier alpha value is -3.69. The minimum absolute atomic E-state index is 0.0466. The van der Waals surface area contributed by atoms with Crippen molar-refractivity contribution < 1.29 is 58.6 Å². The zero-order chi connectivity index (χ0) is 29.3. The lowest BCUT2D eigenvalue weighted by Crippen LogP contribution is -2.56. The minimum Gasteiger partial charge on any atom is -0.748 e. The average Bonchev–Trinajstić information content (AvgIpc) is 2.79. The van der Waals surface area contributed by atoms with Crippen molar-refractivity contribution in [2.45, 2.75) is 12.4 Å². The first-order valence-electron chi connectivity index (χ1n) is 10.6. The molecule has 15 heteroatoms. The number of benzene rings is 3. The summed E-state index contributed by atoms with van der Waals surface area (Å²) in [4.78, 5) is 0. The van der Waals surface area contributed by atoms with Crippen LogP contribution in [0.3, 0.4) is 0 Å². The van der Waals surface area contributed by atoms with Gasteiger partial charge < -0.3 is 20.3 Å². The molecule has 0 amide bonds. The van der Waals surface area contributed by atoms with Gasteiger partial charge in [-0.2, -0.15) is 26.3 Å². The summed E-state index contributed by atoms with van der Waals surface area (Å²) in [6.07, 6.45) is -8.93. The molecule has 3 aromatic rings. The average molecular weight is 582 g/mol. The number of hydrogen-bond acceptors (Lipinski definition) is 5. The summed E-state index contributed by atoms with van der Waals surface area (Å²) in [6, 6.07) is 11.8. The molecule has 0 saturated heterocycles. The lowest BCUT2D eigenvalue weighted by atomic mass is 9.92. The van der Waals surface area contributed by atoms with Crippen molar-refractivity contribution in [2.75, 3.05) is 18.1 Å². The van der Waals surface area contributed by atoms with Crippen LogP contribution in [0.1, 0.15) is 11.1 Å². The highest BCUT2D eigenvalue weighted by Gasteiger charge is 2.37. The summed E-state index contributed by atoms with van der Waals surface area (Å²) < 4.78 is 140. The SMILES string of the molecule is CS(=O)(=O)[O-].[NH3+]C(=c1cc2c(cc1F)=C(c1ccccc1)c1cc(F)c(NCC(F)(F)F)cc1O2)C(F)(F)F. The van der Waals surface area contributed by atoms with Gasteiger partial charge in [0.05, 0.1) is 21.0 Å². The van der Waals surface area contributed by atoms with Crippen LogP contribution in [0.5, 0.6) is 11.5 Å². The van der Waals surface area contributed by atoms with E-state index in [1.165, 1.54) is 0 Å². The van der Waals surface area contributed by atoms with Gasteiger partial charge in [0.25, 0.3) is 0 Å². The lowest BCUT2D eigenvalue weighted by molar-refractivity contribution is -0.300. The van der Waals surface area contributed by atoms with Gasteiger partial charge in [-0.25, -0.2) is 17.2 Å². The molecule has 210 valence electrons. The Labute approximate surface area is 215 Å². The molecule has 1 aliphatic rings. The van der Waals surface area contributed by atoms with E-state index in [1.807, 2.05) is 5.32 Å². The van der Waals surface area contributed by atoms with Gasteiger partial charge in [0.15, 0.2) is 0 Å². The molecule has 1 heterocycles. The Morgan fingerprint density at radius 1 is 0.949 bits per heavy atom. The number of anilines is 1. The third-order valence-corrected chi connectivity index (χ3v) is 5.11. The van der Waals surface area contributed by atoms with Gasteiger partial charge in [0.2, 0.25) is 5.70 Å². The first kappa shape index (κ1) is 29.9. The number of ether oxygens (including phenoxy) is 1. The van der Waals surface area contributed by atoms with E-state index in [9.17, 15) is 35.1 Å². The second kappa shape index (κ2) is 10.8. The topological polar surface area (TPSA) is 106 Å². The lowest BCUT2D eigenvalue weighted by Gasteiger charge is -2.23. The van der Waals surface area contributed by atoms with Gasteiger partial charge in [-0.3, -0.25) is 0 Å². The van der Waals surface area contributed by atoms with E-state index in [0.717, 1.165) is 24.3 Å². The Kier molecular flexibility index (Phi) is 8.29. The molecular formula is C24H18F8N2O4S. The van der Waals surface area contributed by atoms with Crippen LogP contribution in [0.25, 0.3) is 11.3 Å². The van der Waals surface area contributed by atoms with E-state index >= 15 is 0 Å². The smallest absolute Gasteiger partial charge is 0.467 e. The van der Waals surface area contributed by atoms with Gasteiger partial charge in [-0.15, -0.1) is 0 Å². The van der Waals surface area contributed by atoms with E-state index in [4.69, 9.17) is 17.7 Å². The normalized spacial score (nSPS) is 13.9. The Balaban J connectivity index is 0.000000771. The highest BCUT2D eigenvalue weighted by molar-refractivity contribution is 7.84. The van der Waals surface area contributed by atoms with Crippen LogP contribution in [-0.2, 0) is 10.1 Å². The molecule has 0 saturated carbocycles. The largest absolute Gasteiger partial charge is 0.748 e. The number of nitrogens with one attached hydrogen (secondary N) is 1. The molecule has 3 aromatic carbocycles. The van der Waals surface area contributed by atoms with Crippen molar-refractivity contribution in [1.82, 2.24) is 0 Å². The first-order chi connectivity index (χ1) is 17.8. The molecule has 0 unspecified atom stereocenters. The molecule has 0 aliphatic carbocycles. The maximum absolute atomic E-state index is 14.8. The van der Waals surface area contributed by atoms with E-state index in [0.29, 0.717) is 11.8 Å². The second-order valence-electron chi connectivity index (χ2n) is 8.15. The van der Waals surface area contributed by atoms with Gasteiger partial charge in [0.1, 0.15) is 29.7 Å². The van der Waals surface area contributed by atoms with E-state index in [-0.39, 0.29) is 27.9 Å². The maximum atomic E-state index is 14.8. The van der Waals surface area contributed by atoms with Crippen molar-refractivity contribution in [1.29, 1.82) is 0 Å². The second-order valence-corrected chi connectivity index (χ2v) is 9.56. The third kappa shape index (κ3) is 7.68. The molecule has 1 aliphatic heterocycles. The quantitative estimate of drug-likeness (QED) is 0.285. The van der Waals surface area contributed by atoms with Crippen molar-refractivity contribution in [3.63, 3.8) is 0 Å². The summed E-state index contributed by atoms with van der Waals surface area (Å²) in [5, 5.41) is 1.13. The predicted molar refractivity (Wildman–Crippen MR) is 123 cm³/mol. The molecule has 0 radical (unpaired) electrons. The summed E-state index contributed by atoms with van der Waals surface area (Å²) in [7, 11) is -3.92. The number of alkyl halides is 6. The monoisotopic (exact) mass is 582 g/mol. The van der Waals surface area contributed by atoms with Crippen LogP contribution in [0.4, 0.5) is 40.8 Å². The van der Waals surface area contributed by atoms with Gasteiger partial charge in [0, 0.05) is 28.7 Å². The van der Waals surface area contributed by atoms with Gasteiger partial charge in [-0.1, -0.05) is 30.3 Å². The highest BCUT2D eigenvalue weighted by atomic mass is 32.2. The predicted octanol–water partition coefficient (Wildman–Crippen LogP) is 3.37. The summed E-state index contributed by atoms with van der Waals surface area (Å²) in [5.41, 5.74) is 1.75. The zero-order valence-electron chi connectivity index (χ0n) is 19.7. The molecule has 4 N–H and O–H groups in total. The van der Waals surface area contributed by atoms with Crippen LogP contribution in [0.2, 0.25) is 0 Å². The van der Waals surface area contributed by atoms with E-state index < -0.39 is 57.3 Å². The van der Waals surface area contributed by atoms with Crippen LogP contribution in [-0.4, -0.2) is 38.1 Å². The van der Waals surface area contributed by atoms with E-state index in [1.54, 1.807) is 30.3 Å². The zero-order valence-corrected chi connectivity index (χ0v) is 20.5. The highest BCUT2D eigenvalue weighted by Crippen LogP contribution is 2.39. The minimum atomic E-state index is -4.91. The molecule has 0 aromatic heterocycles. The van der Waals surface area contributed by atoms with Crippen molar-refractivity contribution in [2.24, 2.45) is 0 Å². The Morgan fingerprint density at radius 3 is 2.08 bits per heavy atom. The van der Waals surface area contributed by atoms with Gasteiger partial charge >= 0.3 is 12.4 Å². The van der Waals surface area contributed by atoms with Crippen LogP contribution >= 0.6 is 0 Å². The standard InChI is InChI=1S/C23H14F8N2O.CH4O3S/c24-15-6-13-18(8-12(15)21(32)23(29,30)31)34-19-9-17(33-10-22(26,27)28)16(25)7-14(19)20(13)11-4-2-1-3-5-11;1-5(2,3)4/h1-9,33H,10,32H2;1H3,(H,2,3,4). The van der Waals surface area contributed by atoms with Crippen molar-refractivity contribution in [3.05, 3.63) is 87.8 Å². The molecular weight excluding hydrogens is 564 g/mol. The third-order valence-electron chi connectivity index (χ3n) is 5.11.